The van der Waals surface area contributed by atoms with Crippen LogP contribution in [0.15, 0.2) is 48.5 Å². The first-order valence-electron chi connectivity index (χ1n) is 13.0. The minimum Gasteiger partial charge on any atom is -0.494 e. The number of hydrogen-bond donors (Lipinski definition) is 0. The highest BCUT2D eigenvalue weighted by Crippen LogP contribution is 2.45. The number of nitrogens with zero attached hydrogens (tertiary/aromatic N) is 1. The predicted octanol–water partition coefficient (Wildman–Crippen LogP) is 7.48. The van der Waals surface area contributed by atoms with Gasteiger partial charge in [0, 0.05) is 17.0 Å². The van der Waals surface area contributed by atoms with Gasteiger partial charge in [-0.25, -0.2) is 0 Å². The van der Waals surface area contributed by atoms with Gasteiger partial charge in [0.1, 0.15) is 5.75 Å². The summed E-state index contributed by atoms with van der Waals surface area (Å²) < 4.78 is 11.9. The van der Waals surface area contributed by atoms with Gasteiger partial charge in [0.05, 0.1) is 19.3 Å². The fourth-order valence-corrected chi connectivity index (χ4v) is 6.67. The van der Waals surface area contributed by atoms with Crippen molar-refractivity contribution in [1.29, 1.82) is 0 Å². The lowest BCUT2D eigenvalue weighted by Gasteiger charge is -2.55. The molecule has 3 heteroatoms. The van der Waals surface area contributed by atoms with Gasteiger partial charge in [-0.2, -0.15) is 0 Å². The normalized spacial score (nSPS) is 25.6. The molecule has 0 N–H and O–H groups in total. The van der Waals surface area contributed by atoms with E-state index in [1.54, 1.807) is 0 Å². The van der Waals surface area contributed by atoms with Crippen molar-refractivity contribution < 1.29 is 9.47 Å². The zero-order chi connectivity index (χ0) is 23.6. The SMILES string of the molecule is CCOc1ccc(C2CCC(c3ccc(C4CC(C)(C)N(CC)C(C)(C)C4)cc3)OC2)cc1. The average molecular weight is 450 g/mol. The van der Waals surface area contributed by atoms with Gasteiger partial charge in [0.2, 0.25) is 0 Å². The van der Waals surface area contributed by atoms with Gasteiger partial charge in [-0.3, -0.25) is 4.90 Å². The van der Waals surface area contributed by atoms with Crippen LogP contribution in [-0.2, 0) is 4.74 Å². The molecule has 2 saturated heterocycles. The number of benzene rings is 2. The Balaban J connectivity index is 1.37. The van der Waals surface area contributed by atoms with E-state index in [9.17, 15) is 0 Å². The molecule has 2 atom stereocenters. The van der Waals surface area contributed by atoms with Gasteiger partial charge < -0.3 is 9.47 Å². The maximum absolute atomic E-state index is 6.35. The summed E-state index contributed by atoms with van der Waals surface area (Å²) in [5.74, 6) is 2.04. The fourth-order valence-electron chi connectivity index (χ4n) is 6.67. The van der Waals surface area contributed by atoms with Crippen LogP contribution in [-0.4, -0.2) is 35.7 Å². The minimum atomic E-state index is 0.216. The molecular formula is C30H43NO2. The Morgan fingerprint density at radius 1 is 0.788 bits per heavy atom. The highest BCUT2D eigenvalue weighted by Gasteiger charge is 2.44. The van der Waals surface area contributed by atoms with Gasteiger partial charge >= 0.3 is 0 Å². The third-order valence-electron chi connectivity index (χ3n) is 7.99. The summed E-state index contributed by atoms with van der Waals surface area (Å²) in [6.07, 6.45) is 4.89. The Labute approximate surface area is 201 Å². The summed E-state index contributed by atoms with van der Waals surface area (Å²) in [5, 5.41) is 0. The highest BCUT2D eigenvalue weighted by molar-refractivity contribution is 5.31. The minimum absolute atomic E-state index is 0.216. The van der Waals surface area contributed by atoms with Crippen molar-refractivity contribution >= 4 is 0 Å². The molecule has 2 aliphatic heterocycles. The number of hydrogen-bond acceptors (Lipinski definition) is 3. The lowest BCUT2D eigenvalue weighted by atomic mass is 9.71. The van der Waals surface area contributed by atoms with Crippen LogP contribution in [0.4, 0.5) is 0 Å². The molecule has 180 valence electrons. The Morgan fingerprint density at radius 2 is 1.33 bits per heavy atom. The Kier molecular flexibility index (Phi) is 7.21. The molecule has 2 aliphatic rings. The van der Waals surface area contributed by atoms with Crippen molar-refractivity contribution in [2.45, 2.75) is 96.2 Å². The van der Waals surface area contributed by atoms with Crippen molar-refractivity contribution in [3.05, 3.63) is 65.2 Å². The average Bonchev–Trinajstić information content (AvgIpc) is 2.79. The van der Waals surface area contributed by atoms with Crippen LogP contribution in [0, 0.1) is 0 Å². The zero-order valence-corrected chi connectivity index (χ0v) is 21.6. The van der Waals surface area contributed by atoms with E-state index in [1.165, 1.54) is 29.5 Å². The molecule has 3 nitrogen and oxygen atoms in total. The second-order valence-electron chi connectivity index (χ2n) is 11.2. The molecular weight excluding hydrogens is 406 g/mol. The van der Waals surface area contributed by atoms with Crippen LogP contribution >= 0.6 is 0 Å². The monoisotopic (exact) mass is 449 g/mol. The molecule has 2 aromatic carbocycles. The maximum atomic E-state index is 6.35. The van der Waals surface area contributed by atoms with Crippen LogP contribution in [0.1, 0.15) is 102 Å². The number of piperidine rings is 1. The lowest BCUT2D eigenvalue weighted by molar-refractivity contribution is -0.0317. The van der Waals surface area contributed by atoms with Crippen LogP contribution in [0.25, 0.3) is 0 Å². The van der Waals surface area contributed by atoms with E-state index in [1.807, 2.05) is 6.92 Å². The Morgan fingerprint density at radius 3 is 1.85 bits per heavy atom. The van der Waals surface area contributed by atoms with Crippen LogP contribution in [0.5, 0.6) is 5.75 Å². The third-order valence-corrected chi connectivity index (χ3v) is 7.99. The van der Waals surface area contributed by atoms with Gasteiger partial charge in [-0.15, -0.1) is 0 Å². The van der Waals surface area contributed by atoms with Crippen LogP contribution in [0.2, 0.25) is 0 Å². The second-order valence-corrected chi connectivity index (χ2v) is 11.2. The first kappa shape index (κ1) is 24.3. The molecule has 0 bridgehead atoms. The molecule has 0 radical (unpaired) electrons. The first-order valence-corrected chi connectivity index (χ1v) is 13.0. The Bertz CT molecular complexity index is 874. The lowest BCUT2D eigenvalue weighted by Crippen LogP contribution is -2.59. The van der Waals surface area contributed by atoms with Gasteiger partial charge in [0.25, 0.3) is 0 Å². The van der Waals surface area contributed by atoms with Gasteiger partial charge in [0.15, 0.2) is 0 Å². The third kappa shape index (κ3) is 5.30. The number of likely N-dealkylation sites (tertiary alicyclic amines) is 1. The largest absolute Gasteiger partial charge is 0.494 e. The first-order chi connectivity index (χ1) is 15.7. The standard InChI is InChI=1S/C30H43NO2/c1-7-31-29(3,4)19-26(20-30(31,5)6)23-9-11-24(12-10-23)28-18-15-25(21-33-28)22-13-16-27(17-14-22)32-8-2/h9-14,16-17,25-26,28H,7-8,15,18-21H2,1-6H3. The van der Waals surface area contributed by atoms with Crippen LogP contribution < -0.4 is 4.74 Å². The quantitative estimate of drug-likeness (QED) is 0.456. The molecule has 33 heavy (non-hydrogen) atoms. The molecule has 4 rings (SSSR count). The van der Waals surface area contributed by atoms with E-state index in [0.29, 0.717) is 18.4 Å². The van der Waals surface area contributed by atoms with Crippen molar-refractivity contribution in [1.82, 2.24) is 4.90 Å². The predicted molar refractivity (Wildman–Crippen MR) is 137 cm³/mol. The molecule has 2 unspecified atom stereocenters. The van der Waals surface area contributed by atoms with Crippen molar-refractivity contribution in [3.63, 3.8) is 0 Å². The fraction of sp³-hybridized carbons (Fsp3) is 0.600. The van der Waals surface area contributed by atoms with E-state index in [-0.39, 0.29) is 17.2 Å². The van der Waals surface area contributed by atoms with E-state index in [4.69, 9.17) is 9.47 Å². The van der Waals surface area contributed by atoms with Crippen molar-refractivity contribution in [2.75, 3.05) is 19.8 Å². The summed E-state index contributed by atoms with van der Waals surface area (Å²) in [5.41, 5.74) is 4.62. The molecule has 0 saturated carbocycles. The summed E-state index contributed by atoms with van der Waals surface area (Å²) in [6.45, 7) is 16.6. The van der Waals surface area contributed by atoms with E-state index in [2.05, 4.69) is 88.0 Å². The molecule has 0 aliphatic carbocycles. The number of ether oxygens (including phenoxy) is 2. The molecule has 2 aromatic rings. The summed E-state index contributed by atoms with van der Waals surface area (Å²) in [7, 11) is 0. The molecule has 2 fully saturated rings. The van der Waals surface area contributed by atoms with E-state index >= 15 is 0 Å². The summed E-state index contributed by atoms with van der Waals surface area (Å²) >= 11 is 0. The summed E-state index contributed by atoms with van der Waals surface area (Å²) in [4.78, 5) is 2.68. The zero-order valence-electron chi connectivity index (χ0n) is 21.6. The molecule has 2 heterocycles. The van der Waals surface area contributed by atoms with E-state index in [0.717, 1.165) is 31.7 Å². The van der Waals surface area contributed by atoms with E-state index < -0.39 is 0 Å². The summed E-state index contributed by atoms with van der Waals surface area (Å²) in [6, 6.07) is 17.9. The number of rotatable bonds is 6. The Hall–Kier alpha value is -1.84. The van der Waals surface area contributed by atoms with Gasteiger partial charge in [-0.1, -0.05) is 43.3 Å². The van der Waals surface area contributed by atoms with Gasteiger partial charge in [-0.05, 0) is 102 Å². The maximum Gasteiger partial charge on any atom is 0.119 e. The molecule has 0 amide bonds. The van der Waals surface area contributed by atoms with Crippen molar-refractivity contribution in [3.8, 4) is 5.75 Å². The molecule has 0 aromatic heterocycles. The second kappa shape index (κ2) is 9.80. The van der Waals surface area contributed by atoms with Crippen LogP contribution in [0.3, 0.4) is 0 Å². The molecule has 0 spiro atoms. The van der Waals surface area contributed by atoms with Crippen molar-refractivity contribution in [2.24, 2.45) is 0 Å². The highest BCUT2D eigenvalue weighted by atomic mass is 16.5. The smallest absolute Gasteiger partial charge is 0.119 e. The topological polar surface area (TPSA) is 21.7 Å².